The second-order valence-corrected chi connectivity index (χ2v) is 5.28. The van der Waals surface area contributed by atoms with Crippen molar-refractivity contribution >= 4 is 15.9 Å². The summed E-state index contributed by atoms with van der Waals surface area (Å²) in [5.41, 5.74) is 1.20. The molecule has 0 saturated carbocycles. The number of hydrogen-bond donors (Lipinski definition) is 1. The van der Waals surface area contributed by atoms with Crippen molar-refractivity contribution in [3.05, 3.63) is 52.0 Å². The van der Waals surface area contributed by atoms with Gasteiger partial charge in [-0.2, -0.15) is 0 Å². The molecule has 2 rings (SSSR count). The van der Waals surface area contributed by atoms with Crippen LogP contribution in [0.3, 0.4) is 0 Å². The van der Waals surface area contributed by atoms with Gasteiger partial charge in [0.15, 0.2) is 0 Å². The van der Waals surface area contributed by atoms with E-state index in [1.165, 1.54) is 0 Å². The van der Waals surface area contributed by atoms with Gasteiger partial charge in [0.1, 0.15) is 23.4 Å². The van der Waals surface area contributed by atoms with Crippen LogP contribution in [0.4, 0.5) is 0 Å². The van der Waals surface area contributed by atoms with Crippen molar-refractivity contribution in [3.8, 4) is 17.2 Å². The maximum Gasteiger partial charge on any atom is 0.128 e. The second kappa shape index (κ2) is 6.83. The molecule has 1 atom stereocenters. The topological polar surface area (TPSA) is 47.9 Å². The predicted octanol–water partition coefficient (Wildman–Crippen LogP) is 3.56. The molecule has 0 aliphatic heterocycles. The van der Waals surface area contributed by atoms with Gasteiger partial charge in [-0.15, -0.1) is 0 Å². The number of aliphatic hydroxyl groups excluding tert-OH is 1. The second-order valence-electron chi connectivity index (χ2n) is 4.37. The number of methoxy groups -OCH3 is 3. The summed E-state index contributed by atoms with van der Waals surface area (Å²) in [4.78, 5) is 0. The van der Waals surface area contributed by atoms with Gasteiger partial charge in [0.2, 0.25) is 0 Å². The van der Waals surface area contributed by atoms with Crippen molar-refractivity contribution in [1.29, 1.82) is 0 Å². The summed E-state index contributed by atoms with van der Waals surface area (Å²) in [7, 11) is 4.69. The molecule has 0 aromatic heterocycles. The molecule has 0 radical (unpaired) electrons. The highest BCUT2D eigenvalue weighted by Crippen LogP contribution is 2.40. The van der Waals surface area contributed by atoms with E-state index < -0.39 is 6.10 Å². The Morgan fingerprint density at radius 3 is 2.00 bits per heavy atom. The first-order valence-corrected chi connectivity index (χ1v) is 7.14. The molecule has 0 amide bonds. The highest BCUT2D eigenvalue weighted by molar-refractivity contribution is 9.10. The first kappa shape index (κ1) is 15.7. The van der Waals surface area contributed by atoms with Crippen LogP contribution in [0, 0.1) is 0 Å². The van der Waals surface area contributed by atoms with Crippen LogP contribution in [-0.2, 0) is 0 Å². The number of benzene rings is 2. The van der Waals surface area contributed by atoms with Crippen molar-refractivity contribution in [3.63, 3.8) is 0 Å². The molecule has 1 unspecified atom stereocenters. The molecule has 4 nitrogen and oxygen atoms in total. The van der Waals surface area contributed by atoms with Crippen LogP contribution in [-0.4, -0.2) is 26.4 Å². The Morgan fingerprint density at radius 2 is 1.48 bits per heavy atom. The Balaban J connectivity index is 2.59. The van der Waals surface area contributed by atoms with Gasteiger partial charge in [0, 0.05) is 10.0 Å². The average Bonchev–Trinajstić information content (AvgIpc) is 2.53. The largest absolute Gasteiger partial charge is 0.496 e. The van der Waals surface area contributed by atoms with E-state index in [0.29, 0.717) is 28.4 Å². The molecule has 0 aliphatic carbocycles. The molecule has 2 aromatic carbocycles. The summed E-state index contributed by atoms with van der Waals surface area (Å²) in [6.07, 6.45) is -0.927. The number of rotatable bonds is 5. The van der Waals surface area contributed by atoms with E-state index in [0.717, 1.165) is 4.47 Å². The predicted molar refractivity (Wildman–Crippen MR) is 84.3 cm³/mol. The lowest BCUT2D eigenvalue weighted by molar-refractivity contribution is 0.204. The zero-order chi connectivity index (χ0) is 15.4. The minimum atomic E-state index is -0.927. The Hall–Kier alpha value is -1.72. The monoisotopic (exact) mass is 352 g/mol. The fraction of sp³-hybridized carbons (Fsp3) is 0.250. The molecule has 0 heterocycles. The maximum atomic E-state index is 10.8. The molecule has 5 heteroatoms. The fourth-order valence-corrected chi connectivity index (χ4v) is 2.60. The quantitative estimate of drug-likeness (QED) is 0.893. The van der Waals surface area contributed by atoms with Gasteiger partial charge >= 0.3 is 0 Å². The Morgan fingerprint density at radius 1 is 0.905 bits per heavy atom. The minimum Gasteiger partial charge on any atom is -0.496 e. The SMILES string of the molecule is COc1ccc(Br)cc1C(O)c1c(OC)cccc1OC. The highest BCUT2D eigenvalue weighted by Gasteiger charge is 2.23. The number of ether oxygens (including phenoxy) is 3. The molecule has 0 fully saturated rings. The van der Waals surface area contributed by atoms with E-state index in [1.807, 2.05) is 18.2 Å². The summed E-state index contributed by atoms with van der Waals surface area (Å²) < 4.78 is 16.9. The third kappa shape index (κ3) is 3.14. The normalized spacial score (nSPS) is 11.9. The Kier molecular flexibility index (Phi) is 5.09. The molecule has 21 heavy (non-hydrogen) atoms. The lowest BCUT2D eigenvalue weighted by Crippen LogP contribution is -2.06. The zero-order valence-electron chi connectivity index (χ0n) is 12.1. The number of aliphatic hydroxyl groups is 1. The van der Waals surface area contributed by atoms with Crippen LogP contribution < -0.4 is 14.2 Å². The van der Waals surface area contributed by atoms with Crippen molar-refractivity contribution in [2.24, 2.45) is 0 Å². The van der Waals surface area contributed by atoms with E-state index in [2.05, 4.69) is 15.9 Å². The van der Waals surface area contributed by atoms with Crippen LogP contribution in [0.25, 0.3) is 0 Å². The molecule has 112 valence electrons. The van der Waals surface area contributed by atoms with E-state index >= 15 is 0 Å². The van der Waals surface area contributed by atoms with Gasteiger partial charge in [-0.05, 0) is 30.3 Å². The highest BCUT2D eigenvalue weighted by atomic mass is 79.9. The van der Waals surface area contributed by atoms with Gasteiger partial charge in [0.05, 0.1) is 26.9 Å². The van der Waals surface area contributed by atoms with Crippen LogP contribution in [0.1, 0.15) is 17.2 Å². The average molecular weight is 353 g/mol. The van der Waals surface area contributed by atoms with Crippen LogP contribution >= 0.6 is 15.9 Å². The van der Waals surface area contributed by atoms with Crippen molar-refractivity contribution in [2.75, 3.05) is 21.3 Å². The lowest BCUT2D eigenvalue weighted by atomic mass is 9.98. The number of hydrogen-bond acceptors (Lipinski definition) is 4. The third-order valence-electron chi connectivity index (χ3n) is 3.23. The molecule has 2 aromatic rings. The van der Waals surface area contributed by atoms with Crippen LogP contribution in [0.2, 0.25) is 0 Å². The van der Waals surface area contributed by atoms with Crippen molar-refractivity contribution in [1.82, 2.24) is 0 Å². The maximum absolute atomic E-state index is 10.8. The van der Waals surface area contributed by atoms with Gasteiger partial charge in [-0.25, -0.2) is 0 Å². The molecule has 0 aliphatic rings. The summed E-state index contributed by atoms with van der Waals surface area (Å²) >= 11 is 3.41. The van der Waals surface area contributed by atoms with Gasteiger partial charge < -0.3 is 19.3 Å². The van der Waals surface area contributed by atoms with Gasteiger partial charge in [-0.3, -0.25) is 0 Å². The van der Waals surface area contributed by atoms with Crippen molar-refractivity contribution < 1.29 is 19.3 Å². The van der Waals surface area contributed by atoms with E-state index in [9.17, 15) is 5.11 Å². The first-order chi connectivity index (χ1) is 10.1. The molecule has 0 saturated heterocycles. The smallest absolute Gasteiger partial charge is 0.128 e. The summed E-state index contributed by atoms with van der Waals surface area (Å²) in [5.74, 6) is 1.71. The van der Waals surface area contributed by atoms with E-state index in [-0.39, 0.29) is 0 Å². The molecule has 0 spiro atoms. The summed E-state index contributed by atoms with van der Waals surface area (Å²) in [6, 6.07) is 10.8. The molecular weight excluding hydrogens is 336 g/mol. The van der Waals surface area contributed by atoms with Gasteiger partial charge in [-0.1, -0.05) is 22.0 Å². The number of halogens is 1. The van der Waals surface area contributed by atoms with E-state index in [4.69, 9.17) is 14.2 Å². The third-order valence-corrected chi connectivity index (χ3v) is 3.72. The Bertz CT molecular complexity index is 605. The van der Waals surface area contributed by atoms with E-state index in [1.54, 1.807) is 39.5 Å². The summed E-state index contributed by atoms with van der Waals surface area (Å²) in [6.45, 7) is 0. The standard InChI is InChI=1S/C16H17BrO4/c1-19-12-8-7-10(17)9-11(12)16(18)15-13(20-2)5-4-6-14(15)21-3/h4-9,16,18H,1-3H3. The Labute approximate surface area is 132 Å². The molecular formula is C16H17BrO4. The molecule has 0 bridgehead atoms. The van der Waals surface area contributed by atoms with Crippen LogP contribution in [0.5, 0.6) is 17.2 Å². The zero-order valence-corrected chi connectivity index (χ0v) is 13.7. The van der Waals surface area contributed by atoms with Gasteiger partial charge in [0.25, 0.3) is 0 Å². The summed E-state index contributed by atoms with van der Waals surface area (Å²) in [5, 5.41) is 10.8. The minimum absolute atomic E-state index is 0.559. The fourth-order valence-electron chi connectivity index (χ4n) is 2.22. The van der Waals surface area contributed by atoms with Crippen molar-refractivity contribution in [2.45, 2.75) is 6.10 Å². The van der Waals surface area contributed by atoms with Crippen LogP contribution in [0.15, 0.2) is 40.9 Å². The first-order valence-electron chi connectivity index (χ1n) is 6.34. The lowest BCUT2D eigenvalue weighted by Gasteiger charge is -2.20. The molecule has 1 N–H and O–H groups in total.